The number of nitrogens with zero attached hydrogens (tertiary/aromatic N) is 2. The van der Waals surface area contributed by atoms with Crippen LogP contribution in [0.2, 0.25) is 5.02 Å². The fourth-order valence-electron chi connectivity index (χ4n) is 1.52. The summed E-state index contributed by atoms with van der Waals surface area (Å²) >= 11 is 5.93. The number of halogens is 2. The summed E-state index contributed by atoms with van der Waals surface area (Å²) in [6.07, 6.45) is 0. The summed E-state index contributed by atoms with van der Waals surface area (Å²) in [7, 11) is 0. The van der Waals surface area contributed by atoms with Gasteiger partial charge >= 0.3 is 0 Å². The molecule has 1 aromatic heterocycles. The molecule has 7 heteroatoms. The molecule has 2 rings (SSSR count). The van der Waals surface area contributed by atoms with E-state index in [4.69, 9.17) is 16.0 Å². The number of benzene rings is 1. The van der Waals surface area contributed by atoms with Gasteiger partial charge in [0.15, 0.2) is 0 Å². The van der Waals surface area contributed by atoms with Gasteiger partial charge < -0.3 is 9.73 Å². The van der Waals surface area contributed by atoms with Crippen molar-refractivity contribution in [2.75, 3.05) is 0 Å². The summed E-state index contributed by atoms with van der Waals surface area (Å²) in [6, 6.07) is 2.71. The van der Waals surface area contributed by atoms with Crippen LogP contribution in [0.1, 0.15) is 27.7 Å². The Labute approximate surface area is 113 Å². The van der Waals surface area contributed by atoms with E-state index in [1.165, 1.54) is 12.1 Å². The van der Waals surface area contributed by atoms with Crippen LogP contribution in [0.3, 0.4) is 0 Å². The van der Waals surface area contributed by atoms with E-state index in [1.54, 1.807) is 13.8 Å². The molecule has 0 aliphatic carbocycles. The van der Waals surface area contributed by atoms with Crippen LogP contribution in [-0.2, 0) is 6.54 Å². The number of rotatable bonds is 3. The zero-order valence-corrected chi connectivity index (χ0v) is 11.1. The fraction of sp³-hybridized carbons (Fsp3) is 0.250. The first-order valence-corrected chi connectivity index (χ1v) is 5.88. The van der Waals surface area contributed by atoms with Crippen molar-refractivity contribution >= 4 is 17.5 Å². The van der Waals surface area contributed by atoms with Crippen LogP contribution in [-0.4, -0.2) is 16.1 Å². The number of amides is 1. The number of nitrogens with one attached hydrogen (secondary N) is 1. The standard InChI is InChI=1S/C12H11ClFN3O2/c1-6-3-4-8(14)10(11(6)13)12(18)15-5-9-17-16-7(2)19-9/h3-4H,5H2,1-2H3,(H,15,18). The Balaban J connectivity index is 2.14. The number of carbonyl (C=O) groups excluding carboxylic acids is 1. The highest BCUT2D eigenvalue weighted by molar-refractivity contribution is 6.34. The summed E-state index contributed by atoms with van der Waals surface area (Å²) < 4.78 is 18.7. The zero-order chi connectivity index (χ0) is 14.0. The second kappa shape index (κ2) is 5.36. The highest BCUT2D eigenvalue weighted by Crippen LogP contribution is 2.23. The molecular weight excluding hydrogens is 273 g/mol. The predicted octanol–water partition coefficient (Wildman–Crippen LogP) is 2.41. The van der Waals surface area contributed by atoms with Crippen LogP contribution in [0.25, 0.3) is 0 Å². The topological polar surface area (TPSA) is 68.0 Å². The molecule has 1 N–H and O–H groups in total. The third-order valence-corrected chi connectivity index (χ3v) is 2.97. The molecule has 2 aromatic rings. The molecule has 0 radical (unpaired) electrons. The normalized spacial score (nSPS) is 10.5. The quantitative estimate of drug-likeness (QED) is 0.939. The molecule has 0 saturated carbocycles. The Morgan fingerprint density at radius 1 is 1.42 bits per heavy atom. The van der Waals surface area contributed by atoms with Gasteiger partial charge in [-0.05, 0) is 18.6 Å². The SMILES string of the molecule is Cc1nnc(CNC(=O)c2c(F)ccc(C)c2Cl)o1. The molecule has 5 nitrogen and oxygen atoms in total. The lowest BCUT2D eigenvalue weighted by molar-refractivity contribution is 0.0943. The second-order valence-electron chi connectivity index (χ2n) is 3.95. The van der Waals surface area contributed by atoms with Crippen LogP contribution < -0.4 is 5.32 Å². The van der Waals surface area contributed by atoms with Crippen molar-refractivity contribution in [1.29, 1.82) is 0 Å². The first kappa shape index (κ1) is 13.5. The Morgan fingerprint density at radius 2 is 2.16 bits per heavy atom. The third kappa shape index (κ3) is 2.90. The molecular formula is C12H11ClFN3O2. The minimum atomic E-state index is -0.671. The van der Waals surface area contributed by atoms with Gasteiger partial charge in [0.25, 0.3) is 5.91 Å². The van der Waals surface area contributed by atoms with Crippen molar-refractivity contribution < 1.29 is 13.6 Å². The van der Waals surface area contributed by atoms with Gasteiger partial charge in [-0.25, -0.2) is 4.39 Å². The maximum Gasteiger partial charge on any atom is 0.256 e. The van der Waals surface area contributed by atoms with E-state index in [0.29, 0.717) is 11.5 Å². The Bertz CT molecular complexity index is 627. The lowest BCUT2D eigenvalue weighted by Gasteiger charge is -2.08. The van der Waals surface area contributed by atoms with Gasteiger partial charge in [-0.15, -0.1) is 10.2 Å². The van der Waals surface area contributed by atoms with Crippen LogP contribution in [0.4, 0.5) is 4.39 Å². The fourth-order valence-corrected chi connectivity index (χ4v) is 1.76. The molecule has 1 amide bonds. The molecule has 0 spiro atoms. The summed E-state index contributed by atoms with van der Waals surface area (Å²) in [5.74, 6) is -0.657. The maximum absolute atomic E-state index is 13.6. The van der Waals surface area contributed by atoms with E-state index < -0.39 is 11.7 Å². The summed E-state index contributed by atoms with van der Waals surface area (Å²) in [4.78, 5) is 11.9. The molecule has 0 aliphatic rings. The molecule has 19 heavy (non-hydrogen) atoms. The van der Waals surface area contributed by atoms with Crippen molar-refractivity contribution in [2.45, 2.75) is 20.4 Å². The molecule has 0 saturated heterocycles. The predicted molar refractivity (Wildman–Crippen MR) is 66.4 cm³/mol. The summed E-state index contributed by atoms with van der Waals surface area (Å²) in [6.45, 7) is 3.35. The van der Waals surface area contributed by atoms with Crippen LogP contribution in [0, 0.1) is 19.7 Å². The van der Waals surface area contributed by atoms with E-state index in [-0.39, 0.29) is 23.0 Å². The number of carbonyl (C=O) groups is 1. The number of hydrogen-bond donors (Lipinski definition) is 1. The molecule has 0 unspecified atom stereocenters. The van der Waals surface area contributed by atoms with Gasteiger partial charge in [-0.2, -0.15) is 0 Å². The van der Waals surface area contributed by atoms with Gasteiger partial charge in [-0.3, -0.25) is 4.79 Å². The van der Waals surface area contributed by atoms with Gasteiger partial charge in [0.2, 0.25) is 11.8 Å². The Morgan fingerprint density at radius 3 is 2.79 bits per heavy atom. The van der Waals surface area contributed by atoms with Crippen LogP contribution in [0.5, 0.6) is 0 Å². The molecule has 100 valence electrons. The highest BCUT2D eigenvalue weighted by atomic mass is 35.5. The van der Waals surface area contributed by atoms with Crippen LogP contribution in [0.15, 0.2) is 16.5 Å². The maximum atomic E-state index is 13.6. The van der Waals surface area contributed by atoms with E-state index in [2.05, 4.69) is 15.5 Å². The van der Waals surface area contributed by atoms with Gasteiger partial charge in [0.1, 0.15) is 5.82 Å². The van der Waals surface area contributed by atoms with Gasteiger partial charge in [0.05, 0.1) is 17.1 Å². The number of aromatic nitrogens is 2. The first-order chi connectivity index (χ1) is 8.99. The molecule has 0 aliphatic heterocycles. The Kier molecular flexibility index (Phi) is 3.80. The molecule has 0 bridgehead atoms. The van der Waals surface area contributed by atoms with Crippen molar-refractivity contribution in [2.24, 2.45) is 0 Å². The van der Waals surface area contributed by atoms with Crippen molar-refractivity contribution in [3.63, 3.8) is 0 Å². The van der Waals surface area contributed by atoms with Gasteiger partial charge in [-0.1, -0.05) is 17.7 Å². The van der Waals surface area contributed by atoms with E-state index in [1.807, 2.05) is 0 Å². The average Bonchev–Trinajstić information content (AvgIpc) is 2.78. The van der Waals surface area contributed by atoms with Crippen molar-refractivity contribution in [3.05, 3.63) is 45.9 Å². The van der Waals surface area contributed by atoms with Gasteiger partial charge in [0, 0.05) is 6.92 Å². The largest absolute Gasteiger partial charge is 0.424 e. The average molecular weight is 284 g/mol. The van der Waals surface area contributed by atoms with E-state index in [9.17, 15) is 9.18 Å². The van der Waals surface area contributed by atoms with Crippen LogP contribution >= 0.6 is 11.6 Å². The number of aryl methyl sites for hydroxylation is 2. The number of hydrogen-bond acceptors (Lipinski definition) is 4. The lowest BCUT2D eigenvalue weighted by atomic mass is 10.1. The third-order valence-electron chi connectivity index (χ3n) is 2.48. The lowest BCUT2D eigenvalue weighted by Crippen LogP contribution is -2.24. The zero-order valence-electron chi connectivity index (χ0n) is 10.3. The monoisotopic (exact) mass is 283 g/mol. The van der Waals surface area contributed by atoms with E-state index >= 15 is 0 Å². The van der Waals surface area contributed by atoms with E-state index in [0.717, 1.165) is 0 Å². The smallest absolute Gasteiger partial charge is 0.256 e. The summed E-state index contributed by atoms with van der Waals surface area (Å²) in [5.41, 5.74) is 0.444. The Hall–Kier alpha value is -1.95. The van der Waals surface area contributed by atoms with Crippen molar-refractivity contribution in [3.8, 4) is 0 Å². The molecule has 1 aromatic carbocycles. The van der Waals surface area contributed by atoms with Crippen molar-refractivity contribution in [1.82, 2.24) is 15.5 Å². The molecule has 0 fully saturated rings. The summed E-state index contributed by atoms with van der Waals surface area (Å²) in [5, 5.41) is 9.91. The highest BCUT2D eigenvalue weighted by Gasteiger charge is 2.18. The first-order valence-electron chi connectivity index (χ1n) is 5.51. The molecule has 0 atom stereocenters. The molecule has 1 heterocycles. The minimum absolute atomic E-state index is 0.0172. The minimum Gasteiger partial charge on any atom is -0.424 e. The second-order valence-corrected chi connectivity index (χ2v) is 4.33.